The van der Waals surface area contributed by atoms with E-state index < -0.39 is 0 Å². The lowest BCUT2D eigenvalue weighted by Crippen LogP contribution is -2.34. The van der Waals surface area contributed by atoms with E-state index in [1.807, 2.05) is 25.3 Å². The monoisotopic (exact) mass is 208 g/mol. The van der Waals surface area contributed by atoms with Crippen molar-refractivity contribution >= 4 is 29.2 Å². The maximum absolute atomic E-state index is 6.05. The average molecular weight is 209 g/mol. The summed E-state index contributed by atoms with van der Waals surface area (Å²) in [6.07, 6.45) is 1.92. The van der Waals surface area contributed by atoms with Crippen LogP contribution >= 0.6 is 11.6 Å². The zero-order valence-corrected chi connectivity index (χ0v) is 9.31. The van der Waals surface area contributed by atoms with Gasteiger partial charge in [-0.1, -0.05) is 11.6 Å². The molecule has 0 amide bonds. The molecule has 14 heavy (non-hydrogen) atoms. The third-order valence-electron chi connectivity index (χ3n) is 2.26. The molecule has 0 saturated carbocycles. The molecule has 1 aromatic rings. The van der Waals surface area contributed by atoms with Crippen molar-refractivity contribution in [3.8, 4) is 0 Å². The van der Waals surface area contributed by atoms with Gasteiger partial charge in [0.2, 0.25) is 0 Å². The summed E-state index contributed by atoms with van der Waals surface area (Å²) in [6, 6.07) is 3.93. The Morgan fingerprint density at radius 3 is 2.79 bits per heavy atom. The molecular weight excluding hydrogens is 196 g/mol. The summed E-state index contributed by atoms with van der Waals surface area (Å²) in [5.74, 6) is 0. The van der Waals surface area contributed by atoms with E-state index in [-0.39, 0.29) is 5.54 Å². The van der Waals surface area contributed by atoms with Crippen molar-refractivity contribution in [1.82, 2.24) is 0 Å². The molecule has 2 rings (SSSR count). The number of nitrogens with one attached hydrogen (secondary N) is 1. The first-order valence-corrected chi connectivity index (χ1v) is 4.99. The smallest absolute Gasteiger partial charge is 0.0862 e. The average Bonchev–Trinajstić information content (AvgIpc) is 2.07. The number of hydrogen-bond acceptors (Lipinski definition) is 2. The van der Waals surface area contributed by atoms with Crippen LogP contribution in [0.5, 0.6) is 0 Å². The van der Waals surface area contributed by atoms with Gasteiger partial charge in [0, 0.05) is 11.2 Å². The summed E-state index contributed by atoms with van der Waals surface area (Å²) in [7, 11) is 0. The van der Waals surface area contributed by atoms with E-state index in [9.17, 15) is 0 Å². The van der Waals surface area contributed by atoms with Gasteiger partial charge in [0.05, 0.1) is 16.9 Å². The molecule has 1 aliphatic rings. The molecule has 1 aliphatic heterocycles. The normalized spacial score (nSPS) is 17.4. The highest BCUT2D eigenvalue weighted by molar-refractivity contribution is 6.31. The first-order valence-electron chi connectivity index (χ1n) is 4.61. The number of aliphatic imine (C=N–C) groups is 1. The van der Waals surface area contributed by atoms with Crippen LogP contribution in [0.15, 0.2) is 17.1 Å². The summed E-state index contributed by atoms with van der Waals surface area (Å²) in [5.41, 5.74) is 2.94. The Balaban J connectivity index is 2.52. The summed E-state index contributed by atoms with van der Waals surface area (Å²) in [6.45, 7) is 6.14. The van der Waals surface area contributed by atoms with Crippen molar-refractivity contribution < 1.29 is 0 Å². The quantitative estimate of drug-likeness (QED) is 0.693. The second-order valence-corrected chi connectivity index (χ2v) is 4.63. The molecule has 0 bridgehead atoms. The molecule has 0 aromatic heterocycles. The number of halogens is 1. The van der Waals surface area contributed by atoms with Gasteiger partial charge < -0.3 is 5.32 Å². The lowest BCUT2D eigenvalue weighted by molar-refractivity contribution is 0.769. The molecule has 0 radical (unpaired) electrons. The lowest BCUT2D eigenvalue weighted by atomic mass is 10.0. The minimum atomic E-state index is -0.0917. The topological polar surface area (TPSA) is 24.4 Å². The Hall–Kier alpha value is -1.02. The highest BCUT2D eigenvalue weighted by atomic mass is 35.5. The van der Waals surface area contributed by atoms with Crippen molar-refractivity contribution in [2.24, 2.45) is 4.99 Å². The number of anilines is 1. The van der Waals surface area contributed by atoms with Crippen LogP contribution in [0.4, 0.5) is 11.4 Å². The number of aryl methyl sites for hydroxylation is 1. The molecule has 0 fully saturated rings. The van der Waals surface area contributed by atoms with Crippen molar-refractivity contribution in [2.45, 2.75) is 26.3 Å². The van der Waals surface area contributed by atoms with Gasteiger partial charge in [-0.2, -0.15) is 0 Å². The van der Waals surface area contributed by atoms with Gasteiger partial charge in [-0.3, -0.25) is 4.99 Å². The molecule has 1 N–H and O–H groups in total. The number of rotatable bonds is 0. The highest BCUT2D eigenvalue weighted by Gasteiger charge is 2.20. The molecule has 2 nitrogen and oxygen atoms in total. The van der Waals surface area contributed by atoms with Crippen LogP contribution in [0.25, 0.3) is 0 Å². The van der Waals surface area contributed by atoms with E-state index in [0.717, 1.165) is 22.0 Å². The molecule has 1 heterocycles. The van der Waals surface area contributed by atoms with Gasteiger partial charge in [-0.05, 0) is 38.5 Å². The molecule has 0 atom stereocenters. The fraction of sp³-hybridized carbons (Fsp3) is 0.364. The number of hydrogen-bond donors (Lipinski definition) is 1. The number of nitrogens with zero attached hydrogens (tertiary/aromatic N) is 1. The van der Waals surface area contributed by atoms with Crippen LogP contribution in [-0.4, -0.2) is 11.8 Å². The molecule has 0 spiro atoms. The lowest BCUT2D eigenvalue weighted by Gasteiger charge is -2.28. The third-order valence-corrected chi connectivity index (χ3v) is 2.67. The van der Waals surface area contributed by atoms with E-state index in [2.05, 4.69) is 24.2 Å². The van der Waals surface area contributed by atoms with Crippen molar-refractivity contribution in [2.75, 3.05) is 5.32 Å². The Bertz CT molecular complexity index is 408. The van der Waals surface area contributed by atoms with Crippen LogP contribution < -0.4 is 5.32 Å². The van der Waals surface area contributed by atoms with E-state index in [0.29, 0.717) is 0 Å². The third kappa shape index (κ3) is 1.62. The first-order chi connectivity index (χ1) is 6.48. The van der Waals surface area contributed by atoms with E-state index in [4.69, 9.17) is 11.6 Å². The zero-order valence-electron chi connectivity index (χ0n) is 8.56. The van der Waals surface area contributed by atoms with Gasteiger partial charge >= 0.3 is 0 Å². The van der Waals surface area contributed by atoms with Gasteiger partial charge in [-0.15, -0.1) is 0 Å². The maximum atomic E-state index is 6.05. The van der Waals surface area contributed by atoms with Gasteiger partial charge in [-0.25, -0.2) is 0 Å². The Morgan fingerprint density at radius 2 is 2.07 bits per heavy atom. The molecule has 0 aliphatic carbocycles. The summed E-state index contributed by atoms with van der Waals surface area (Å²) in [5, 5.41) is 4.15. The highest BCUT2D eigenvalue weighted by Crippen LogP contribution is 2.35. The van der Waals surface area contributed by atoms with E-state index in [1.165, 1.54) is 0 Å². The summed E-state index contributed by atoms with van der Waals surface area (Å²) < 4.78 is 0. The van der Waals surface area contributed by atoms with Gasteiger partial charge in [0.1, 0.15) is 0 Å². The van der Waals surface area contributed by atoms with Crippen LogP contribution in [-0.2, 0) is 0 Å². The predicted molar refractivity (Wildman–Crippen MR) is 62.0 cm³/mol. The molecular formula is C11H13ClN2. The second-order valence-electron chi connectivity index (χ2n) is 4.22. The fourth-order valence-electron chi connectivity index (χ4n) is 1.48. The Morgan fingerprint density at radius 1 is 1.36 bits per heavy atom. The van der Waals surface area contributed by atoms with Crippen LogP contribution in [0.1, 0.15) is 19.4 Å². The molecule has 74 valence electrons. The summed E-state index contributed by atoms with van der Waals surface area (Å²) in [4.78, 5) is 4.40. The molecule has 1 aromatic carbocycles. The van der Waals surface area contributed by atoms with Crippen molar-refractivity contribution in [3.05, 3.63) is 22.7 Å². The zero-order chi connectivity index (χ0) is 10.3. The van der Waals surface area contributed by atoms with Gasteiger partial charge in [0.25, 0.3) is 0 Å². The second kappa shape index (κ2) is 2.99. The SMILES string of the molecule is Cc1cc2c(cc1Cl)NC(C)(C)C=N2. The predicted octanol–water partition coefficient (Wildman–Crippen LogP) is 3.55. The van der Waals surface area contributed by atoms with Gasteiger partial charge in [0.15, 0.2) is 0 Å². The number of benzene rings is 1. The van der Waals surface area contributed by atoms with Crippen LogP contribution in [0, 0.1) is 6.92 Å². The Kier molecular flexibility index (Phi) is 2.04. The molecule has 3 heteroatoms. The summed E-state index contributed by atoms with van der Waals surface area (Å²) >= 11 is 6.05. The van der Waals surface area contributed by atoms with Crippen LogP contribution in [0.3, 0.4) is 0 Å². The first kappa shape index (κ1) is 9.53. The standard InChI is InChI=1S/C11H13ClN2/c1-7-4-9-10(5-8(7)12)14-11(2,3)6-13-9/h4-6,14H,1-3H3. The van der Waals surface area contributed by atoms with Crippen molar-refractivity contribution in [3.63, 3.8) is 0 Å². The number of fused-ring (bicyclic) bond motifs is 1. The van der Waals surface area contributed by atoms with E-state index >= 15 is 0 Å². The van der Waals surface area contributed by atoms with Crippen LogP contribution in [0.2, 0.25) is 5.02 Å². The Labute approximate surface area is 89.0 Å². The largest absolute Gasteiger partial charge is 0.373 e. The fourth-order valence-corrected chi connectivity index (χ4v) is 1.65. The molecule has 0 saturated heterocycles. The molecule has 0 unspecified atom stereocenters. The minimum Gasteiger partial charge on any atom is -0.373 e. The van der Waals surface area contributed by atoms with Crippen molar-refractivity contribution in [1.29, 1.82) is 0 Å². The minimum absolute atomic E-state index is 0.0917. The van der Waals surface area contributed by atoms with E-state index in [1.54, 1.807) is 0 Å². The maximum Gasteiger partial charge on any atom is 0.0862 e.